The van der Waals surface area contributed by atoms with Crippen LogP contribution in [0.4, 0.5) is 0 Å². The van der Waals surface area contributed by atoms with Crippen LogP contribution in [0.2, 0.25) is 0 Å². The van der Waals surface area contributed by atoms with Gasteiger partial charge in [-0.1, -0.05) is 13.8 Å². The lowest BCUT2D eigenvalue weighted by Crippen LogP contribution is -2.07. The lowest BCUT2D eigenvalue weighted by Gasteiger charge is -2.12. The molecule has 0 N–H and O–H groups in total. The predicted molar refractivity (Wildman–Crippen MR) is 61.4 cm³/mol. The third-order valence-electron chi connectivity index (χ3n) is 2.40. The van der Waals surface area contributed by atoms with Crippen LogP contribution in [0.3, 0.4) is 0 Å². The number of aryl methyl sites for hydroxylation is 1. The Morgan fingerprint density at radius 1 is 1.38 bits per heavy atom. The van der Waals surface area contributed by atoms with Crippen molar-refractivity contribution in [1.82, 2.24) is 4.57 Å². The monoisotopic (exact) mass is 197 g/mol. The third kappa shape index (κ3) is 2.31. The van der Waals surface area contributed by atoms with Gasteiger partial charge in [-0.2, -0.15) is 12.6 Å². The van der Waals surface area contributed by atoms with Crippen molar-refractivity contribution in [2.75, 3.05) is 0 Å². The molecular formula is C11H19NS. The molecule has 1 rings (SSSR count). The summed E-state index contributed by atoms with van der Waals surface area (Å²) < 4.78 is 2.39. The molecule has 0 aromatic carbocycles. The second-order valence-corrected chi connectivity index (χ2v) is 4.38. The molecule has 0 aliphatic rings. The van der Waals surface area contributed by atoms with Crippen molar-refractivity contribution in [3.63, 3.8) is 0 Å². The molecule has 0 fully saturated rings. The largest absolute Gasteiger partial charge is 0.349 e. The molecule has 0 aliphatic carbocycles. The maximum Gasteiger partial charge on any atom is 0.0247 e. The van der Waals surface area contributed by atoms with Crippen LogP contribution in [-0.2, 0) is 12.3 Å². The first-order valence-electron chi connectivity index (χ1n) is 4.82. The molecule has 1 aromatic heterocycles. The van der Waals surface area contributed by atoms with Crippen molar-refractivity contribution in [2.45, 2.75) is 40.0 Å². The minimum absolute atomic E-state index is 0.706. The third-order valence-corrected chi connectivity index (χ3v) is 2.74. The van der Waals surface area contributed by atoms with Gasteiger partial charge in [0.05, 0.1) is 0 Å². The molecule has 1 nitrogen and oxygen atoms in total. The standard InChI is InChI=1S/C11H19NS/c1-8(2)6-12-9(3)5-11(7-13)10(12)4/h5,8,13H,6-7H2,1-4H3. The van der Waals surface area contributed by atoms with Crippen LogP contribution in [0.5, 0.6) is 0 Å². The van der Waals surface area contributed by atoms with Crippen LogP contribution in [0.25, 0.3) is 0 Å². The number of aromatic nitrogens is 1. The van der Waals surface area contributed by atoms with Gasteiger partial charge in [0.1, 0.15) is 0 Å². The Morgan fingerprint density at radius 3 is 2.38 bits per heavy atom. The average Bonchev–Trinajstić information content (AvgIpc) is 2.31. The fraction of sp³-hybridized carbons (Fsp3) is 0.636. The minimum atomic E-state index is 0.706. The van der Waals surface area contributed by atoms with E-state index in [1.807, 2.05) is 0 Å². The zero-order valence-electron chi connectivity index (χ0n) is 8.96. The minimum Gasteiger partial charge on any atom is -0.349 e. The lowest BCUT2D eigenvalue weighted by atomic mass is 10.2. The molecule has 0 radical (unpaired) electrons. The fourth-order valence-electron chi connectivity index (χ4n) is 1.68. The van der Waals surface area contributed by atoms with E-state index in [-0.39, 0.29) is 0 Å². The van der Waals surface area contributed by atoms with Gasteiger partial charge in [-0.05, 0) is 31.4 Å². The number of hydrogen-bond acceptors (Lipinski definition) is 1. The van der Waals surface area contributed by atoms with Crippen LogP contribution in [0.15, 0.2) is 6.07 Å². The van der Waals surface area contributed by atoms with Gasteiger partial charge >= 0.3 is 0 Å². The summed E-state index contributed by atoms with van der Waals surface area (Å²) in [5, 5.41) is 0. The lowest BCUT2D eigenvalue weighted by molar-refractivity contribution is 0.508. The van der Waals surface area contributed by atoms with E-state index in [1.54, 1.807) is 0 Å². The molecule has 1 aromatic rings. The summed E-state index contributed by atoms with van der Waals surface area (Å²) in [6, 6.07) is 2.24. The van der Waals surface area contributed by atoms with Crippen LogP contribution >= 0.6 is 12.6 Å². The molecule has 0 saturated carbocycles. The Bertz CT molecular complexity index is 287. The Hall–Kier alpha value is -0.370. The Morgan fingerprint density at radius 2 is 2.00 bits per heavy atom. The Balaban J connectivity index is 2.98. The van der Waals surface area contributed by atoms with Crippen molar-refractivity contribution in [3.8, 4) is 0 Å². The van der Waals surface area contributed by atoms with Gasteiger partial charge in [-0.15, -0.1) is 0 Å². The summed E-state index contributed by atoms with van der Waals surface area (Å²) in [4.78, 5) is 0. The van der Waals surface area contributed by atoms with Gasteiger partial charge in [0.2, 0.25) is 0 Å². The molecule has 0 spiro atoms. The first kappa shape index (κ1) is 10.7. The van der Waals surface area contributed by atoms with Gasteiger partial charge in [0.25, 0.3) is 0 Å². The van der Waals surface area contributed by atoms with Gasteiger partial charge in [0.15, 0.2) is 0 Å². The molecule has 74 valence electrons. The Kier molecular flexibility index (Phi) is 3.48. The van der Waals surface area contributed by atoms with E-state index in [4.69, 9.17) is 0 Å². The van der Waals surface area contributed by atoms with Gasteiger partial charge in [-0.3, -0.25) is 0 Å². The summed E-state index contributed by atoms with van der Waals surface area (Å²) in [6.45, 7) is 9.97. The molecule has 13 heavy (non-hydrogen) atoms. The van der Waals surface area contributed by atoms with Crippen molar-refractivity contribution < 1.29 is 0 Å². The highest BCUT2D eigenvalue weighted by Gasteiger charge is 2.08. The first-order valence-corrected chi connectivity index (χ1v) is 5.46. The van der Waals surface area contributed by atoms with E-state index >= 15 is 0 Å². The van der Waals surface area contributed by atoms with Crippen molar-refractivity contribution in [3.05, 3.63) is 23.0 Å². The van der Waals surface area contributed by atoms with E-state index in [2.05, 4.69) is 51.0 Å². The predicted octanol–water partition coefficient (Wildman–Crippen LogP) is 3.19. The van der Waals surface area contributed by atoms with Gasteiger partial charge in [-0.25, -0.2) is 0 Å². The molecule has 0 amide bonds. The van der Waals surface area contributed by atoms with Crippen LogP contribution in [0.1, 0.15) is 30.8 Å². The molecular weight excluding hydrogens is 178 g/mol. The summed E-state index contributed by atoms with van der Waals surface area (Å²) in [6.07, 6.45) is 0. The smallest absolute Gasteiger partial charge is 0.0247 e. The SMILES string of the molecule is Cc1cc(CS)c(C)n1CC(C)C. The molecule has 0 saturated heterocycles. The second kappa shape index (κ2) is 4.23. The quantitative estimate of drug-likeness (QED) is 0.710. The van der Waals surface area contributed by atoms with Crippen molar-refractivity contribution in [1.29, 1.82) is 0 Å². The van der Waals surface area contributed by atoms with E-state index in [0.29, 0.717) is 5.92 Å². The maximum absolute atomic E-state index is 4.32. The van der Waals surface area contributed by atoms with E-state index in [1.165, 1.54) is 17.0 Å². The van der Waals surface area contributed by atoms with Gasteiger partial charge < -0.3 is 4.57 Å². The normalized spacial score (nSPS) is 11.2. The van der Waals surface area contributed by atoms with E-state index in [0.717, 1.165) is 12.3 Å². The summed E-state index contributed by atoms with van der Waals surface area (Å²) in [5.74, 6) is 1.55. The van der Waals surface area contributed by atoms with Crippen LogP contribution < -0.4 is 0 Å². The van der Waals surface area contributed by atoms with Crippen molar-refractivity contribution >= 4 is 12.6 Å². The highest BCUT2D eigenvalue weighted by atomic mass is 32.1. The zero-order valence-corrected chi connectivity index (χ0v) is 9.86. The first-order chi connectivity index (χ1) is 6.06. The zero-order chi connectivity index (χ0) is 10.0. The Labute approximate surface area is 86.6 Å². The number of hydrogen-bond donors (Lipinski definition) is 1. The topological polar surface area (TPSA) is 4.93 Å². The molecule has 0 atom stereocenters. The highest BCUT2D eigenvalue weighted by molar-refractivity contribution is 7.79. The maximum atomic E-state index is 4.32. The van der Waals surface area contributed by atoms with Gasteiger partial charge in [0, 0.05) is 23.7 Å². The van der Waals surface area contributed by atoms with Crippen LogP contribution in [0, 0.1) is 19.8 Å². The summed E-state index contributed by atoms with van der Waals surface area (Å²) in [5.41, 5.74) is 4.10. The average molecular weight is 197 g/mol. The van der Waals surface area contributed by atoms with E-state index < -0.39 is 0 Å². The van der Waals surface area contributed by atoms with Crippen molar-refractivity contribution in [2.24, 2.45) is 5.92 Å². The molecule has 0 aliphatic heterocycles. The number of rotatable bonds is 3. The van der Waals surface area contributed by atoms with Crippen LogP contribution in [-0.4, -0.2) is 4.57 Å². The number of nitrogens with zero attached hydrogens (tertiary/aromatic N) is 1. The fourth-order valence-corrected chi connectivity index (χ4v) is 2.00. The molecule has 2 heteroatoms. The summed E-state index contributed by atoms with van der Waals surface area (Å²) >= 11 is 4.32. The molecule has 0 unspecified atom stereocenters. The highest BCUT2D eigenvalue weighted by Crippen LogP contribution is 2.18. The molecule has 1 heterocycles. The number of thiol groups is 1. The summed E-state index contributed by atoms with van der Waals surface area (Å²) in [7, 11) is 0. The van der Waals surface area contributed by atoms with E-state index in [9.17, 15) is 0 Å². The molecule has 0 bridgehead atoms. The second-order valence-electron chi connectivity index (χ2n) is 4.06.